The van der Waals surface area contributed by atoms with Gasteiger partial charge in [-0.2, -0.15) is 0 Å². The van der Waals surface area contributed by atoms with Gasteiger partial charge in [0.1, 0.15) is 18.1 Å². The van der Waals surface area contributed by atoms with Gasteiger partial charge in [0.2, 0.25) is 0 Å². The van der Waals surface area contributed by atoms with E-state index in [0.29, 0.717) is 17.0 Å². The summed E-state index contributed by atoms with van der Waals surface area (Å²) in [6.07, 6.45) is 0. The van der Waals surface area contributed by atoms with Crippen molar-refractivity contribution in [3.63, 3.8) is 0 Å². The minimum absolute atomic E-state index is 0.0709. The molecular weight excluding hydrogens is 366 g/mol. The first-order valence-electron chi connectivity index (χ1n) is 9.64. The summed E-state index contributed by atoms with van der Waals surface area (Å²) >= 11 is 0. The molecule has 1 unspecified atom stereocenters. The molecule has 6 nitrogen and oxygen atoms in total. The first kappa shape index (κ1) is 20.5. The lowest BCUT2D eigenvalue weighted by molar-refractivity contribution is 0.0904. The van der Waals surface area contributed by atoms with Crippen LogP contribution in [0.5, 0.6) is 11.5 Å². The number of nitrogens with two attached hydrogens (primary N) is 1. The molecular formula is C23H27N3O3. The van der Waals surface area contributed by atoms with E-state index in [1.54, 1.807) is 12.1 Å². The molecule has 1 heterocycles. The number of ether oxygens (including phenoxy) is 1. The number of anilines is 1. The van der Waals surface area contributed by atoms with Gasteiger partial charge >= 0.3 is 0 Å². The Kier molecular flexibility index (Phi) is 5.92. The largest absolute Gasteiger partial charge is 0.508 e. The second-order valence-electron chi connectivity index (χ2n) is 7.70. The number of nitrogen functional groups attached to an aromatic ring is 1. The number of fused-ring (bicyclic) bond motifs is 1. The molecule has 4 N–H and O–H groups in total. The number of hydrogen-bond donors (Lipinski definition) is 3. The van der Waals surface area contributed by atoms with Gasteiger partial charge in [-0.1, -0.05) is 19.9 Å². The van der Waals surface area contributed by atoms with Crippen molar-refractivity contribution in [2.75, 3.05) is 12.3 Å². The van der Waals surface area contributed by atoms with Crippen molar-refractivity contribution in [2.24, 2.45) is 5.92 Å². The van der Waals surface area contributed by atoms with Crippen LogP contribution in [-0.2, 0) is 0 Å². The summed E-state index contributed by atoms with van der Waals surface area (Å²) in [4.78, 5) is 17.2. The van der Waals surface area contributed by atoms with E-state index in [1.165, 1.54) is 6.07 Å². The number of rotatable bonds is 6. The van der Waals surface area contributed by atoms with E-state index in [4.69, 9.17) is 10.5 Å². The van der Waals surface area contributed by atoms with E-state index in [0.717, 1.165) is 22.2 Å². The molecule has 1 aromatic heterocycles. The number of aromatic nitrogens is 1. The van der Waals surface area contributed by atoms with Crippen molar-refractivity contribution in [1.29, 1.82) is 0 Å². The van der Waals surface area contributed by atoms with Crippen molar-refractivity contribution < 1.29 is 14.6 Å². The van der Waals surface area contributed by atoms with E-state index in [1.807, 2.05) is 52.0 Å². The molecule has 1 amide bonds. The van der Waals surface area contributed by atoms with Crippen molar-refractivity contribution in [3.05, 3.63) is 59.3 Å². The Morgan fingerprint density at radius 2 is 1.97 bits per heavy atom. The first-order chi connectivity index (χ1) is 13.7. The van der Waals surface area contributed by atoms with Crippen LogP contribution < -0.4 is 15.8 Å². The molecule has 0 saturated carbocycles. The van der Waals surface area contributed by atoms with Crippen LogP contribution in [0.4, 0.5) is 5.69 Å². The maximum atomic E-state index is 12.7. The summed E-state index contributed by atoms with van der Waals surface area (Å²) in [6, 6.07) is 12.0. The molecule has 0 spiro atoms. The van der Waals surface area contributed by atoms with Crippen molar-refractivity contribution in [1.82, 2.24) is 10.3 Å². The Bertz CT molecular complexity index is 1030. The van der Waals surface area contributed by atoms with Gasteiger partial charge in [-0.05, 0) is 61.7 Å². The number of nitrogens with zero attached hydrogens (tertiary/aromatic N) is 1. The molecule has 3 aromatic rings. The molecule has 2 aromatic carbocycles. The van der Waals surface area contributed by atoms with E-state index < -0.39 is 0 Å². The average molecular weight is 393 g/mol. The lowest BCUT2D eigenvalue weighted by atomic mass is 10.0. The van der Waals surface area contributed by atoms with Gasteiger partial charge in [-0.3, -0.25) is 9.78 Å². The standard InChI is InChI=1S/C23H27N3O3/c1-13(2)20(26-23(28)16-8-14(3)9-17(27)11-16)12-29-21-7-5-6-19-22(21)18(24)10-15(4)25-19/h5-11,13,20,27H,12H2,1-4H3,(H2,24,25)(H,26,28). The van der Waals surface area contributed by atoms with Gasteiger partial charge < -0.3 is 20.9 Å². The smallest absolute Gasteiger partial charge is 0.251 e. The van der Waals surface area contributed by atoms with Gasteiger partial charge in [0.15, 0.2) is 0 Å². The molecule has 29 heavy (non-hydrogen) atoms. The number of phenolic OH excluding ortho intramolecular Hbond substituents is 1. The van der Waals surface area contributed by atoms with Crippen LogP contribution >= 0.6 is 0 Å². The molecule has 0 saturated heterocycles. The Morgan fingerprint density at radius 3 is 2.66 bits per heavy atom. The SMILES string of the molecule is Cc1cc(O)cc(C(=O)NC(COc2cccc3nc(C)cc(N)c23)C(C)C)c1. The summed E-state index contributed by atoms with van der Waals surface area (Å²) in [5.74, 6) is 0.605. The summed E-state index contributed by atoms with van der Waals surface area (Å²) in [5, 5.41) is 13.5. The highest BCUT2D eigenvalue weighted by atomic mass is 16.5. The van der Waals surface area contributed by atoms with Crippen molar-refractivity contribution in [2.45, 2.75) is 33.7 Å². The number of nitrogens with one attached hydrogen (secondary N) is 1. The fourth-order valence-corrected chi connectivity index (χ4v) is 3.27. The highest BCUT2D eigenvalue weighted by Gasteiger charge is 2.19. The fourth-order valence-electron chi connectivity index (χ4n) is 3.27. The zero-order valence-electron chi connectivity index (χ0n) is 17.2. The number of amides is 1. The number of hydrogen-bond acceptors (Lipinski definition) is 5. The minimum atomic E-state index is -0.249. The molecule has 3 rings (SSSR count). The number of carbonyl (C=O) groups excluding carboxylic acids is 1. The van der Waals surface area contributed by atoms with Gasteiger partial charge in [0.25, 0.3) is 5.91 Å². The number of benzene rings is 2. The summed E-state index contributed by atoms with van der Waals surface area (Å²) in [6.45, 7) is 8.05. The molecule has 1 atom stereocenters. The Balaban J connectivity index is 1.78. The van der Waals surface area contributed by atoms with Crippen LogP contribution in [0.2, 0.25) is 0 Å². The molecule has 6 heteroatoms. The Hall–Kier alpha value is -3.28. The normalized spacial score (nSPS) is 12.2. The van der Waals surface area contributed by atoms with Gasteiger partial charge in [0.05, 0.1) is 16.9 Å². The molecule has 0 aliphatic heterocycles. The van der Waals surface area contributed by atoms with E-state index >= 15 is 0 Å². The van der Waals surface area contributed by atoms with Crippen LogP contribution in [0.15, 0.2) is 42.5 Å². The van der Waals surface area contributed by atoms with E-state index in [9.17, 15) is 9.90 Å². The summed E-state index contributed by atoms with van der Waals surface area (Å²) < 4.78 is 6.06. The second-order valence-corrected chi connectivity index (χ2v) is 7.70. The molecule has 0 radical (unpaired) electrons. The summed E-state index contributed by atoms with van der Waals surface area (Å²) in [7, 11) is 0. The number of aromatic hydroxyl groups is 1. The van der Waals surface area contributed by atoms with Crippen LogP contribution in [0.3, 0.4) is 0 Å². The van der Waals surface area contributed by atoms with Crippen molar-refractivity contribution >= 4 is 22.5 Å². The van der Waals surface area contributed by atoms with Crippen LogP contribution in [-0.4, -0.2) is 28.6 Å². The molecule has 0 fully saturated rings. The first-order valence-corrected chi connectivity index (χ1v) is 9.64. The molecule has 0 aliphatic rings. The number of phenols is 1. The predicted molar refractivity (Wildman–Crippen MR) is 115 cm³/mol. The number of pyridine rings is 1. The number of aryl methyl sites for hydroxylation is 2. The van der Waals surface area contributed by atoms with Gasteiger partial charge in [0, 0.05) is 16.9 Å². The highest BCUT2D eigenvalue weighted by Crippen LogP contribution is 2.30. The zero-order chi connectivity index (χ0) is 21.1. The zero-order valence-corrected chi connectivity index (χ0v) is 17.2. The minimum Gasteiger partial charge on any atom is -0.508 e. The molecule has 0 aliphatic carbocycles. The maximum Gasteiger partial charge on any atom is 0.251 e. The third-order valence-corrected chi connectivity index (χ3v) is 4.82. The lowest BCUT2D eigenvalue weighted by Gasteiger charge is -2.23. The van der Waals surface area contributed by atoms with Crippen molar-refractivity contribution in [3.8, 4) is 11.5 Å². The highest BCUT2D eigenvalue weighted by molar-refractivity contribution is 5.96. The Labute approximate surface area is 170 Å². The second kappa shape index (κ2) is 8.39. The predicted octanol–water partition coefficient (Wildman–Crippen LogP) is 3.97. The van der Waals surface area contributed by atoms with Crippen LogP contribution in [0.1, 0.15) is 35.5 Å². The summed E-state index contributed by atoms with van der Waals surface area (Å²) in [5.41, 5.74) is 9.68. The van der Waals surface area contributed by atoms with Gasteiger partial charge in [-0.15, -0.1) is 0 Å². The number of carbonyl (C=O) groups is 1. The molecule has 152 valence electrons. The quantitative estimate of drug-likeness (QED) is 0.589. The van der Waals surface area contributed by atoms with Crippen LogP contribution in [0, 0.1) is 19.8 Å². The maximum absolute atomic E-state index is 12.7. The third kappa shape index (κ3) is 4.77. The molecule has 0 bridgehead atoms. The van der Waals surface area contributed by atoms with E-state index in [-0.39, 0.29) is 30.2 Å². The monoisotopic (exact) mass is 393 g/mol. The van der Waals surface area contributed by atoms with E-state index in [2.05, 4.69) is 10.3 Å². The average Bonchev–Trinajstić information content (AvgIpc) is 2.63. The van der Waals surface area contributed by atoms with Gasteiger partial charge in [-0.25, -0.2) is 0 Å². The van der Waals surface area contributed by atoms with Crippen LogP contribution in [0.25, 0.3) is 10.9 Å². The lowest BCUT2D eigenvalue weighted by Crippen LogP contribution is -2.42. The fraction of sp³-hybridized carbons (Fsp3) is 0.304. The Morgan fingerprint density at radius 1 is 1.21 bits per heavy atom. The topological polar surface area (TPSA) is 97.5 Å². The third-order valence-electron chi connectivity index (χ3n) is 4.82.